The summed E-state index contributed by atoms with van der Waals surface area (Å²) < 4.78 is 0. The highest BCUT2D eigenvalue weighted by atomic mass is 35.5. The molecule has 5 heteroatoms. The number of pyridine rings is 1. The quantitative estimate of drug-likeness (QED) is 0.770. The lowest BCUT2D eigenvalue weighted by molar-refractivity contribution is 0.247. The van der Waals surface area contributed by atoms with Crippen LogP contribution in [0.4, 0.5) is 0 Å². The van der Waals surface area contributed by atoms with E-state index in [0.717, 1.165) is 15.6 Å². The van der Waals surface area contributed by atoms with Gasteiger partial charge in [-0.15, -0.1) is 0 Å². The lowest BCUT2D eigenvalue weighted by atomic mass is 10.0. The Morgan fingerprint density at radius 3 is 3.00 bits per heavy atom. The van der Waals surface area contributed by atoms with E-state index in [-0.39, 0.29) is 6.04 Å². The van der Waals surface area contributed by atoms with Crippen LogP contribution in [0.15, 0.2) is 21.8 Å². The van der Waals surface area contributed by atoms with E-state index in [1.54, 1.807) is 18.0 Å². The molecule has 0 aliphatic carbocycles. The fourth-order valence-electron chi connectivity index (χ4n) is 2.30. The fourth-order valence-corrected chi connectivity index (χ4v) is 3.73. The summed E-state index contributed by atoms with van der Waals surface area (Å²) in [5.74, 6) is 0. The van der Waals surface area contributed by atoms with Crippen molar-refractivity contribution < 1.29 is 0 Å². The van der Waals surface area contributed by atoms with E-state index in [0.29, 0.717) is 0 Å². The molecule has 0 saturated heterocycles. The van der Waals surface area contributed by atoms with E-state index in [1.165, 1.54) is 16.2 Å². The van der Waals surface area contributed by atoms with Gasteiger partial charge >= 0.3 is 0 Å². The number of hydrogen-bond donors (Lipinski definition) is 1. The minimum absolute atomic E-state index is 0.284. The van der Waals surface area contributed by atoms with Crippen molar-refractivity contribution in [2.24, 2.45) is 0 Å². The van der Waals surface area contributed by atoms with Gasteiger partial charge in [0.15, 0.2) is 0 Å². The molecule has 1 aromatic rings. The molecule has 1 unspecified atom stereocenters. The van der Waals surface area contributed by atoms with Crippen molar-refractivity contribution >= 4 is 23.4 Å². The first kappa shape index (κ1) is 10.4. The summed E-state index contributed by atoms with van der Waals surface area (Å²) >= 11 is 7.89. The number of hydrogen-bond acceptors (Lipinski definition) is 4. The lowest BCUT2D eigenvalue weighted by Gasteiger charge is -2.20. The van der Waals surface area contributed by atoms with Gasteiger partial charge in [0.05, 0.1) is 11.1 Å². The Bertz CT molecular complexity index is 512. The highest BCUT2D eigenvalue weighted by Crippen LogP contribution is 2.53. The zero-order valence-corrected chi connectivity index (χ0v) is 10.9. The summed E-state index contributed by atoms with van der Waals surface area (Å²) in [6, 6.07) is 0.284. The van der Waals surface area contributed by atoms with Crippen molar-refractivity contribution in [3.05, 3.63) is 32.9 Å². The second-order valence-corrected chi connectivity index (χ2v) is 5.60. The van der Waals surface area contributed by atoms with E-state index in [4.69, 9.17) is 11.6 Å². The lowest BCUT2D eigenvalue weighted by Crippen LogP contribution is -2.29. The highest BCUT2D eigenvalue weighted by molar-refractivity contribution is 8.03. The molecule has 0 radical (unpaired) electrons. The number of fused-ring (bicyclic) bond motifs is 3. The van der Waals surface area contributed by atoms with Crippen molar-refractivity contribution in [1.82, 2.24) is 15.4 Å². The average Bonchev–Trinajstić information content (AvgIpc) is 2.73. The van der Waals surface area contributed by atoms with Crippen LogP contribution in [-0.2, 0) is 0 Å². The average molecular weight is 254 g/mol. The Labute approximate surface area is 104 Å². The molecule has 1 aromatic heterocycles. The zero-order chi connectivity index (χ0) is 11.4. The monoisotopic (exact) mass is 253 g/mol. The largest absolute Gasteiger partial charge is 0.322 e. The van der Waals surface area contributed by atoms with E-state index >= 15 is 0 Å². The SMILES string of the molecule is CC1=C2Sc3ncc(Cl)c(C)c3C2N(C)N1. The second-order valence-electron chi connectivity index (χ2n) is 4.17. The highest BCUT2D eigenvalue weighted by Gasteiger charge is 2.39. The number of allylic oxidation sites excluding steroid dienone is 1. The Hall–Kier alpha value is -0.710. The van der Waals surface area contributed by atoms with Gasteiger partial charge in [0.2, 0.25) is 0 Å². The van der Waals surface area contributed by atoms with Crippen molar-refractivity contribution in [2.75, 3.05) is 7.05 Å². The summed E-state index contributed by atoms with van der Waals surface area (Å²) in [6.45, 7) is 4.16. The zero-order valence-electron chi connectivity index (χ0n) is 9.34. The molecular formula is C11H12ClN3S. The van der Waals surface area contributed by atoms with Crippen LogP contribution in [0, 0.1) is 6.92 Å². The Morgan fingerprint density at radius 2 is 2.25 bits per heavy atom. The van der Waals surface area contributed by atoms with E-state index in [9.17, 15) is 0 Å². The van der Waals surface area contributed by atoms with Crippen LogP contribution < -0.4 is 5.43 Å². The molecule has 0 spiro atoms. The predicted octanol–water partition coefficient (Wildman–Crippen LogP) is 2.87. The molecule has 84 valence electrons. The molecule has 1 atom stereocenters. The van der Waals surface area contributed by atoms with Gasteiger partial charge < -0.3 is 5.43 Å². The van der Waals surface area contributed by atoms with Gasteiger partial charge in [-0.05, 0) is 19.4 Å². The normalized spacial score (nSPS) is 23.4. The minimum atomic E-state index is 0.284. The number of nitrogens with one attached hydrogen (secondary N) is 1. The standard InChI is InChI=1S/C11H12ClN3S/c1-5-7(12)4-13-11-8(5)9-10(16-11)6(2)14-15(9)3/h4,9,14H,1-3H3. The maximum Gasteiger partial charge on any atom is 0.106 e. The summed E-state index contributed by atoms with van der Waals surface area (Å²) in [5.41, 5.74) is 6.93. The summed E-state index contributed by atoms with van der Waals surface area (Å²) in [4.78, 5) is 5.76. The fraction of sp³-hybridized carbons (Fsp3) is 0.364. The molecule has 1 N–H and O–H groups in total. The third-order valence-corrected chi connectivity index (χ3v) is 4.77. The molecule has 0 aromatic carbocycles. The van der Waals surface area contributed by atoms with Crippen LogP contribution in [0.2, 0.25) is 5.02 Å². The molecule has 3 heterocycles. The number of rotatable bonds is 0. The van der Waals surface area contributed by atoms with Gasteiger partial charge in [-0.1, -0.05) is 23.4 Å². The minimum Gasteiger partial charge on any atom is -0.322 e. The van der Waals surface area contributed by atoms with E-state index in [2.05, 4.69) is 36.3 Å². The Kier molecular flexibility index (Phi) is 2.21. The van der Waals surface area contributed by atoms with Gasteiger partial charge in [-0.3, -0.25) is 0 Å². The van der Waals surface area contributed by atoms with Crippen LogP contribution in [0.5, 0.6) is 0 Å². The third kappa shape index (κ3) is 1.24. The van der Waals surface area contributed by atoms with Crippen molar-refractivity contribution in [1.29, 1.82) is 0 Å². The number of hydrazine groups is 1. The molecule has 0 saturated carbocycles. The number of thioether (sulfide) groups is 1. The molecule has 0 amide bonds. The number of nitrogens with zero attached hydrogens (tertiary/aromatic N) is 2. The van der Waals surface area contributed by atoms with Crippen molar-refractivity contribution in [3.63, 3.8) is 0 Å². The summed E-state index contributed by atoms with van der Waals surface area (Å²) in [6.07, 6.45) is 1.74. The van der Waals surface area contributed by atoms with Crippen LogP contribution in [0.1, 0.15) is 24.1 Å². The molecule has 2 aliphatic rings. The molecular weight excluding hydrogens is 242 g/mol. The van der Waals surface area contributed by atoms with Crippen LogP contribution in [0.3, 0.4) is 0 Å². The first-order valence-corrected chi connectivity index (χ1v) is 6.32. The van der Waals surface area contributed by atoms with E-state index in [1.807, 2.05) is 0 Å². The summed E-state index contributed by atoms with van der Waals surface area (Å²) in [7, 11) is 2.05. The van der Waals surface area contributed by atoms with Gasteiger partial charge in [0.1, 0.15) is 5.03 Å². The number of aromatic nitrogens is 1. The number of likely N-dealkylation sites (N-methyl/N-ethyl adjacent to an activating group) is 1. The van der Waals surface area contributed by atoms with Crippen LogP contribution in [-0.4, -0.2) is 17.0 Å². The van der Waals surface area contributed by atoms with E-state index < -0.39 is 0 Å². The molecule has 2 aliphatic heterocycles. The first-order valence-electron chi connectivity index (χ1n) is 5.12. The smallest absolute Gasteiger partial charge is 0.106 e. The molecule has 0 bridgehead atoms. The topological polar surface area (TPSA) is 28.2 Å². The van der Waals surface area contributed by atoms with Crippen LogP contribution in [0.25, 0.3) is 0 Å². The molecule has 16 heavy (non-hydrogen) atoms. The van der Waals surface area contributed by atoms with Crippen molar-refractivity contribution in [3.8, 4) is 0 Å². The second kappa shape index (κ2) is 3.39. The maximum atomic E-state index is 6.14. The molecule has 0 fully saturated rings. The Morgan fingerprint density at radius 1 is 1.50 bits per heavy atom. The van der Waals surface area contributed by atoms with Gasteiger partial charge in [0, 0.05) is 29.4 Å². The van der Waals surface area contributed by atoms with Gasteiger partial charge in [-0.25, -0.2) is 9.99 Å². The molecule has 3 rings (SSSR count). The Balaban J connectivity index is 2.22. The first-order chi connectivity index (χ1) is 7.59. The summed E-state index contributed by atoms with van der Waals surface area (Å²) in [5, 5.41) is 3.96. The van der Waals surface area contributed by atoms with Crippen LogP contribution >= 0.6 is 23.4 Å². The van der Waals surface area contributed by atoms with Gasteiger partial charge in [0.25, 0.3) is 0 Å². The number of halogens is 1. The maximum absolute atomic E-state index is 6.14. The third-order valence-electron chi connectivity index (χ3n) is 3.12. The van der Waals surface area contributed by atoms with Gasteiger partial charge in [-0.2, -0.15) is 0 Å². The molecule has 3 nitrogen and oxygen atoms in total. The van der Waals surface area contributed by atoms with Crippen molar-refractivity contribution in [2.45, 2.75) is 24.9 Å². The predicted molar refractivity (Wildman–Crippen MR) is 66.2 cm³/mol.